The molecular formula is C24H15F6NO4. The minimum absolute atomic E-state index is 0.165. The molecule has 5 nitrogen and oxygen atoms in total. The van der Waals surface area contributed by atoms with Crippen molar-refractivity contribution in [2.75, 3.05) is 0 Å². The van der Waals surface area contributed by atoms with E-state index < -0.39 is 35.0 Å². The second kappa shape index (κ2) is 8.33. The lowest BCUT2D eigenvalue weighted by Gasteiger charge is -2.28. The number of aromatic nitrogens is 1. The minimum atomic E-state index is -4.73. The second-order valence-electron chi connectivity index (χ2n) is 7.71. The number of rotatable bonds is 5. The smallest absolute Gasteiger partial charge is 0.416 e. The third kappa shape index (κ3) is 4.66. The third-order valence-corrected chi connectivity index (χ3v) is 5.32. The zero-order valence-electron chi connectivity index (χ0n) is 17.7. The predicted octanol–water partition coefficient (Wildman–Crippen LogP) is 6.91. The fourth-order valence-corrected chi connectivity index (χ4v) is 3.37. The molecule has 0 aliphatic heterocycles. The molecule has 1 N–H and O–H groups in total. The molecule has 0 amide bonds. The number of alkyl halides is 6. The Morgan fingerprint density at radius 1 is 0.857 bits per heavy atom. The van der Waals surface area contributed by atoms with Crippen LogP contribution in [-0.4, -0.2) is 16.1 Å². The quantitative estimate of drug-likeness (QED) is 0.305. The lowest BCUT2D eigenvalue weighted by Crippen LogP contribution is -2.38. The van der Waals surface area contributed by atoms with Crippen molar-refractivity contribution >= 4 is 17.1 Å². The van der Waals surface area contributed by atoms with Gasteiger partial charge in [0.05, 0.1) is 16.7 Å². The van der Waals surface area contributed by atoms with Crippen LogP contribution in [0.1, 0.15) is 23.6 Å². The Morgan fingerprint density at radius 3 is 2.00 bits per heavy atom. The van der Waals surface area contributed by atoms with Crippen LogP contribution in [0, 0.1) is 0 Å². The maximum absolute atomic E-state index is 13.4. The standard InChI is InChI=1S/C24H15F6NO4/c1-22(21(32)33,13-6-8-14(9-7-13)23(25,26)27)35-18-11-10-15(24(28,29)30)12-16(18)20-31-17-4-2-3-5-19(17)34-20/h2-12H,1H3,(H,32,33). The molecule has 35 heavy (non-hydrogen) atoms. The Labute approximate surface area is 193 Å². The van der Waals surface area contributed by atoms with Gasteiger partial charge in [0, 0.05) is 5.56 Å². The molecule has 0 bridgehead atoms. The van der Waals surface area contributed by atoms with Gasteiger partial charge < -0.3 is 14.3 Å². The van der Waals surface area contributed by atoms with Crippen LogP contribution in [0.25, 0.3) is 22.6 Å². The van der Waals surface area contributed by atoms with Crippen molar-refractivity contribution in [2.45, 2.75) is 24.9 Å². The number of halogens is 6. The number of carbonyl (C=O) groups is 1. The summed E-state index contributed by atoms with van der Waals surface area (Å²) in [6.07, 6.45) is -9.38. The van der Waals surface area contributed by atoms with E-state index in [4.69, 9.17) is 9.15 Å². The van der Waals surface area contributed by atoms with Crippen LogP contribution in [0.15, 0.2) is 71.1 Å². The lowest BCUT2D eigenvalue weighted by molar-refractivity contribution is -0.154. The number of fused-ring (bicyclic) bond motifs is 1. The highest BCUT2D eigenvalue weighted by Crippen LogP contribution is 2.41. The summed E-state index contributed by atoms with van der Waals surface area (Å²) in [4.78, 5) is 16.3. The van der Waals surface area contributed by atoms with Gasteiger partial charge >= 0.3 is 18.3 Å². The molecule has 0 saturated heterocycles. The molecule has 4 aromatic rings. The zero-order valence-corrected chi connectivity index (χ0v) is 17.7. The molecule has 4 rings (SSSR count). The number of para-hydroxylation sites is 2. The summed E-state index contributed by atoms with van der Waals surface area (Å²) < 4.78 is 90.2. The second-order valence-corrected chi connectivity index (χ2v) is 7.71. The van der Waals surface area contributed by atoms with Gasteiger partial charge in [-0.15, -0.1) is 0 Å². The highest BCUT2D eigenvalue weighted by Gasteiger charge is 2.41. The van der Waals surface area contributed by atoms with Gasteiger partial charge in [-0.25, -0.2) is 9.78 Å². The van der Waals surface area contributed by atoms with Gasteiger partial charge in [0.1, 0.15) is 11.3 Å². The van der Waals surface area contributed by atoms with E-state index in [9.17, 15) is 36.2 Å². The van der Waals surface area contributed by atoms with Gasteiger partial charge in [0.2, 0.25) is 11.5 Å². The predicted molar refractivity (Wildman–Crippen MR) is 112 cm³/mol. The van der Waals surface area contributed by atoms with Crippen LogP contribution in [0.5, 0.6) is 5.75 Å². The Kier molecular flexibility index (Phi) is 5.74. The monoisotopic (exact) mass is 495 g/mol. The van der Waals surface area contributed by atoms with Crippen molar-refractivity contribution in [1.29, 1.82) is 0 Å². The maximum Gasteiger partial charge on any atom is 0.416 e. The van der Waals surface area contributed by atoms with Gasteiger partial charge in [-0.3, -0.25) is 0 Å². The Bertz CT molecular complexity index is 1360. The van der Waals surface area contributed by atoms with Gasteiger partial charge in [0.15, 0.2) is 5.58 Å². The SMILES string of the molecule is CC(Oc1ccc(C(F)(F)F)cc1-c1nc2ccccc2o1)(C(=O)O)c1ccc(C(F)(F)F)cc1. The molecule has 0 spiro atoms. The highest BCUT2D eigenvalue weighted by atomic mass is 19.4. The van der Waals surface area contributed by atoms with E-state index in [1.807, 2.05) is 0 Å². The van der Waals surface area contributed by atoms with Crippen molar-refractivity contribution in [3.05, 3.63) is 83.4 Å². The Balaban J connectivity index is 1.83. The molecule has 3 aromatic carbocycles. The molecule has 1 heterocycles. The number of nitrogens with zero attached hydrogens (tertiary/aromatic N) is 1. The number of carboxylic acid groups (broad SMARTS) is 1. The van der Waals surface area contributed by atoms with Crippen LogP contribution in [-0.2, 0) is 22.7 Å². The topological polar surface area (TPSA) is 72.6 Å². The van der Waals surface area contributed by atoms with Crippen LogP contribution in [0.4, 0.5) is 26.3 Å². The van der Waals surface area contributed by atoms with E-state index in [0.717, 1.165) is 25.1 Å². The largest absolute Gasteiger partial charge is 0.478 e. The number of benzene rings is 3. The summed E-state index contributed by atoms with van der Waals surface area (Å²) in [6, 6.07) is 11.9. The summed E-state index contributed by atoms with van der Waals surface area (Å²) in [7, 11) is 0. The van der Waals surface area contributed by atoms with Crippen molar-refractivity contribution in [1.82, 2.24) is 4.98 Å². The molecule has 1 aromatic heterocycles. The highest BCUT2D eigenvalue weighted by molar-refractivity contribution is 5.81. The number of aliphatic carboxylic acids is 1. The van der Waals surface area contributed by atoms with E-state index in [2.05, 4.69) is 4.98 Å². The molecule has 0 saturated carbocycles. The van der Waals surface area contributed by atoms with E-state index in [-0.39, 0.29) is 28.4 Å². The average Bonchev–Trinajstić information content (AvgIpc) is 3.22. The fraction of sp³-hybridized carbons (Fsp3) is 0.167. The minimum Gasteiger partial charge on any atom is -0.478 e. The molecule has 0 aliphatic carbocycles. The van der Waals surface area contributed by atoms with Gasteiger partial charge in [-0.2, -0.15) is 26.3 Å². The molecule has 0 radical (unpaired) electrons. The summed E-state index contributed by atoms with van der Waals surface area (Å²) in [5.74, 6) is -2.16. The van der Waals surface area contributed by atoms with Gasteiger partial charge in [-0.1, -0.05) is 24.3 Å². The molecule has 11 heteroatoms. The molecular weight excluding hydrogens is 480 g/mol. The average molecular weight is 495 g/mol. The molecule has 0 fully saturated rings. The van der Waals surface area contributed by atoms with E-state index >= 15 is 0 Å². The first-order valence-electron chi connectivity index (χ1n) is 9.96. The number of ether oxygens (including phenoxy) is 1. The van der Waals surface area contributed by atoms with Crippen LogP contribution < -0.4 is 4.74 Å². The molecule has 1 unspecified atom stereocenters. The van der Waals surface area contributed by atoms with Gasteiger partial charge in [-0.05, 0) is 49.4 Å². The summed E-state index contributed by atoms with van der Waals surface area (Å²) in [6.45, 7) is 1.07. The first kappa shape index (κ1) is 24.1. The summed E-state index contributed by atoms with van der Waals surface area (Å²) in [5.41, 5.74) is -4.16. The molecule has 1 atom stereocenters. The molecule has 182 valence electrons. The normalized spacial score (nSPS) is 14.0. The van der Waals surface area contributed by atoms with Crippen molar-refractivity contribution < 1.29 is 45.4 Å². The van der Waals surface area contributed by atoms with Crippen molar-refractivity contribution in [2.24, 2.45) is 0 Å². The van der Waals surface area contributed by atoms with Crippen molar-refractivity contribution in [3.63, 3.8) is 0 Å². The Morgan fingerprint density at radius 2 is 1.43 bits per heavy atom. The zero-order chi connectivity index (χ0) is 25.6. The first-order chi connectivity index (χ1) is 16.3. The first-order valence-corrected chi connectivity index (χ1v) is 9.96. The number of hydrogen-bond acceptors (Lipinski definition) is 4. The van der Waals surface area contributed by atoms with Gasteiger partial charge in [0.25, 0.3) is 0 Å². The third-order valence-electron chi connectivity index (χ3n) is 5.32. The van der Waals surface area contributed by atoms with Crippen LogP contribution in [0.3, 0.4) is 0 Å². The van der Waals surface area contributed by atoms with E-state index in [0.29, 0.717) is 29.8 Å². The van der Waals surface area contributed by atoms with E-state index in [1.165, 1.54) is 0 Å². The Hall–Kier alpha value is -4.02. The van der Waals surface area contributed by atoms with Crippen LogP contribution >= 0.6 is 0 Å². The number of hydrogen-bond donors (Lipinski definition) is 1. The number of oxazole rings is 1. The fourth-order valence-electron chi connectivity index (χ4n) is 3.37. The van der Waals surface area contributed by atoms with Crippen molar-refractivity contribution in [3.8, 4) is 17.2 Å². The van der Waals surface area contributed by atoms with E-state index in [1.54, 1.807) is 24.3 Å². The van der Waals surface area contributed by atoms with Crippen LogP contribution in [0.2, 0.25) is 0 Å². The summed E-state index contributed by atoms with van der Waals surface area (Å²) in [5, 5.41) is 9.87. The molecule has 0 aliphatic rings. The summed E-state index contributed by atoms with van der Waals surface area (Å²) >= 11 is 0. The lowest BCUT2D eigenvalue weighted by atomic mass is 9.94. The number of carboxylic acids is 1. The maximum atomic E-state index is 13.4.